The molecule has 2 heterocycles. The average molecular weight is 252 g/mol. The minimum Gasteiger partial charge on any atom is -0.345 e. The van der Waals surface area contributed by atoms with Gasteiger partial charge in [-0.3, -0.25) is 4.79 Å². The Morgan fingerprint density at radius 1 is 1.53 bits per heavy atom. The molecule has 1 saturated heterocycles. The maximum absolute atomic E-state index is 10.9. The SMILES string of the molecule is CCCC1CCCCN1c1nc(C)c(C=O)s1. The first-order valence-corrected chi connectivity index (χ1v) is 7.27. The van der Waals surface area contributed by atoms with Crippen LogP contribution in [0.2, 0.25) is 0 Å². The standard InChI is InChI=1S/C13H20N2OS/c1-3-6-11-7-4-5-8-15(11)13-14-10(2)12(9-16)17-13/h9,11H,3-8H2,1-2H3. The van der Waals surface area contributed by atoms with Gasteiger partial charge in [0.25, 0.3) is 0 Å². The summed E-state index contributed by atoms with van der Waals surface area (Å²) in [5.41, 5.74) is 0.876. The fourth-order valence-corrected chi connectivity index (χ4v) is 3.49. The Labute approximate surface area is 107 Å². The zero-order valence-electron chi connectivity index (χ0n) is 10.6. The fraction of sp³-hybridized carbons (Fsp3) is 0.692. The molecule has 0 amide bonds. The van der Waals surface area contributed by atoms with Crippen molar-refractivity contribution in [1.82, 2.24) is 4.98 Å². The largest absolute Gasteiger partial charge is 0.345 e. The van der Waals surface area contributed by atoms with E-state index in [0.717, 1.165) is 28.5 Å². The van der Waals surface area contributed by atoms with Crippen molar-refractivity contribution in [3.8, 4) is 0 Å². The smallest absolute Gasteiger partial charge is 0.186 e. The van der Waals surface area contributed by atoms with Gasteiger partial charge in [-0.05, 0) is 32.6 Å². The van der Waals surface area contributed by atoms with Gasteiger partial charge in [0, 0.05) is 12.6 Å². The summed E-state index contributed by atoms with van der Waals surface area (Å²) >= 11 is 1.54. The quantitative estimate of drug-likeness (QED) is 0.770. The van der Waals surface area contributed by atoms with Gasteiger partial charge in [-0.15, -0.1) is 0 Å². The van der Waals surface area contributed by atoms with Crippen LogP contribution in [-0.4, -0.2) is 23.9 Å². The number of anilines is 1. The van der Waals surface area contributed by atoms with E-state index < -0.39 is 0 Å². The molecule has 0 aromatic carbocycles. The third-order valence-corrected chi connectivity index (χ3v) is 4.54. The minimum absolute atomic E-state index is 0.624. The third-order valence-electron chi connectivity index (χ3n) is 3.42. The molecule has 3 nitrogen and oxygen atoms in total. The number of hydrogen-bond acceptors (Lipinski definition) is 4. The molecule has 2 rings (SSSR count). The Morgan fingerprint density at radius 2 is 2.35 bits per heavy atom. The van der Waals surface area contributed by atoms with Gasteiger partial charge in [-0.2, -0.15) is 0 Å². The lowest BCUT2D eigenvalue weighted by Crippen LogP contribution is -2.39. The molecule has 0 N–H and O–H groups in total. The fourth-order valence-electron chi connectivity index (χ4n) is 2.51. The number of aromatic nitrogens is 1. The van der Waals surface area contributed by atoms with Crippen LogP contribution in [0.15, 0.2) is 0 Å². The maximum Gasteiger partial charge on any atom is 0.186 e. The molecule has 94 valence electrons. The van der Waals surface area contributed by atoms with Crippen molar-refractivity contribution in [3.63, 3.8) is 0 Å². The topological polar surface area (TPSA) is 33.2 Å². The molecule has 0 radical (unpaired) electrons. The van der Waals surface area contributed by atoms with E-state index in [9.17, 15) is 4.79 Å². The van der Waals surface area contributed by atoms with E-state index in [4.69, 9.17) is 0 Å². The first kappa shape index (κ1) is 12.6. The van der Waals surface area contributed by atoms with Gasteiger partial charge in [0.05, 0.1) is 10.6 Å². The lowest BCUT2D eigenvalue weighted by molar-refractivity contribution is 0.112. The number of hydrogen-bond donors (Lipinski definition) is 0. The van der Waals surface area contributed by atoms with Crippen molar-refractivity contribution in [2.24, 2.45) is 0 Å². The number of thiazole rings is 1. The van der Waals surface area contributed by atoms with Crippen molar-refractivity contribution >= 4 is 22.8 Å². The lowest BCUT2D eigenvalue weighted by Gasteiger charge is -2.35. The number of rotatable bonds is 4. The summed E-state index contributed by atoms with van der Waals surface area (Å²) in [5, 5.41) is 1.04. The van der Waals surface area contributed by atoms with Gasteiger partial charge < -0.3 is 4.90 Å². The highest BCUT2D eigenvalue weighted by Gasteiger charge is 2.24. The number of nitrogens with zero attached hydrogens (tertiary/aromatic N) is 2. The Morgan fingerprint density at radius 3 is 3.00 bits per heavy atom. The second-order valence-electron chi connectivity index (χ2n) is 4.70. The Bertz CT molecular complexity index is 387. The second-order valence-corrected chi connectivity index (χ2v) is 5.70. The molecular weight excluding hydrogens is 232 g/mol. The highest BCUT2D eigenvalue weighted by atomic mass is 32.1. The van der Waals surface area contributed by atoms with Crippen LogP contribution in [0.3, 0.4) is 0 Å². The number of aryl methyl sites for hydroxylation is 1. The normalized spacial score (nSPS) is 20.6. The molecule has 1 aromatic rings. The number of carbonyl (C=O) groups is 1. The van der Waals surface area contributed by atoms with Crippen molar-refractivity contribution < 1.29 is 4.79 Å². The summed E-state index contributed by atoms with van der Waals surface area (Å²) in [5.74, 6) is 0. The van der Waals surface area contributed by atoms with Crippen molar-refractivity contribution in [2.45, 2.75) is 52.0 Å². The van der Waals surface area contributed by atoms with Crippen LogP contribution in [-0.2, 0) is 0 Å². The molecular formula is C13H20N2OS. The van der Waals surface area contributed by atoms with Crippen LogP contribution < -0.4 is 4.90 Å². The number of carbonyl (C=O) groups excluding carboxylic acids is 1. The van der Waals surface area contributed by atoms with Crippen molar-refractivity contribution in [1.29, 1.82) is 0 Å². The third kappa shape index (κ3) is 2.68. The van der Waals surface area contributed by atoms with Gasteiger partial charge in [0.15, 0.2) is 11.4 Å². The van der Waals surface area contributed by atoms with Crippen molar-refractivity contribution in [3.05, 3.63) is 10.6 Å². The number of aldehydes is 1. The van der Waals surface area contributed by atoms with Gasteiger partial charge in [0.1, 0.15) is 0 Å². The molecule has 17 heavy (non-hydrogen) atoms. The molecule has 1 aliphatic heterocycles. The summed E-state index contributed by atoms with van der Waals surface area (Å²) < 4.78 is 0. The minimum atomic E-state index is 0.624. The zero-order valence-corrected chi connectivity index (χ0v) is 11.4. The molecule has 0 aliphatic carbocycles. The first-order valence-electron chi connectivity index (χ1n) is 6.45. The molecule has 1 unspecified atom stereocenters. The van der Waals surface area contributed by atoms with Crippen LogP contribution in [0.25, 0.3) is 0 Å². The summed E-state index contributed by atoms with van der Waals surface area (Å²) in [7, 11) is 0. The van der Waals surface area contributed by atoms with E-state index in [1.54, 1.807) is 11.3 Å². The van der Waals surface area contributed by atoms with E-state index in [2.05, 4.69) is 16.8 Å². The van der Waals surface area contributed by atoms with Crippen LogP contribution in [0.4, 0.5) is 5.13 Å². The Balaban J connectivity index is 2.19. The van der Waals surface area contributed by atoms with Gasteiger partial charge in [-0.25, -0.2) is 4.98 Å². The highest BCUT2D eigenvalue weighted by Crippen LogP contribution is 2.31. The van der Waals surface area contributed by atoms with Gasteiger partial charge in [-0.1, -0.05) is 24.7 Å². The molecule has 0 saturated carbocycles. The Kier molecular flexibility index (Phi) is 4.15. The van der Waals surface area contributed by atoms with Crippen LogP contribution in [0.5, 0.6) is 0 Å². The molecule has 0 bridgehead atoms. The molecule has 0 spiro atoms. The monoisotopic (exact) mass is 252 g/mol. The van der Waals surface area contributed by atoms with Crippen LogP contribution in [0, 0.1) is 6.92 Å². The molecule has 1 fully saturated rings. The van der Waals surface area contributed by atoms with E-state index in [0.29, 0.717) is 6.04 Å². The first-order chi connectivity index (χ1) is 8.26. The predicted octanol–water partition coefficient (Wildman–Crippen LogP) is 3.42. The maximum atomic E-state index is 10.9. The highest BCUT2D eigenvalue weighted by molar-refractivity contribution is 7.17. The van der Waals surface area contributed by atoms with E-state index in [1.165, 1.54) is 32.1 Å². The Hall–Kier alpha value is -0.900. The summed E-state index contributed by atoms with van der Waals surface area (Å²) in [6.45, 7) is 5.25. The number of piperidine rings is 1. The predicted molar refractivity (Wildman–Crippen MR) is 72.1 cm³/mol. The molecule has 1 aliphatic rings. The average Bonchev–Trinajstić information content (AvgIpc) is 2.71. The van der Waals surface area contributed by atoms with Gasteiger partial charge >= 0.3 is 0 Å². The van der Waals surface area contributed by atoms with E-state index in [1.807, 2.05) is 6.92 Å². The van der Waals surface area contributed by atoms with Crippen LogP contribution in [0.1, 0.15) is 54.4 Å². The van der Waals surface area contributed by atoms with Crippen LogP contribution >= 0.6 is 11.3 Å². The van der Waals surface area contributed by atoms with Gasteiger partial charge in [0.2, 0.25) is 0 Å². The molecule has 4 heteroatoms. The van der Waals surface area contributed by atoms with Crippen molar-refractivity contribution in [2.75, 3.05) is 11.4 Å². The van der Waals surface area contributed by atoms with E-state index >= 15 is 0 Å². The summed E-state index contributed by atoms with van der Waals surface area (Å²) in [6.07, 6.45) is 7.21. The summed E-state index contributed by atoms with van der Waals surface area (Å²) in [4.78, 5) is 18.6. The van der Waals surface area contributed by atoms with E-state index in [-0.39, 0.29) is 0 Å². The summed E-state index contributed by atoms with van der Waals surface area (Å²) in [6, 6.07) is 0.624. The molecule has 1 atom stereocenters. The zero-order chi connectivity index (χ0) is 12.3. The lowest BCUT2D eigenvalue weighted by atomic mass is 9.99. The molecule has 1 aromatic heterocycles. The second kappa shape index (κ2) is 5.63.